The highest BCUT2D eigenvalue weighted by Gasteiger charge is 2.31. The van der Waals surface area contributed by atoms with E-state index in [1.807, 2.05) is 6.92 Å². The van der Waals surface area contributed by atoms with E-state index in [-0.39, 0.29) is 34.9 Å². The first-order valence-electron chi connectivity index (χ1n) is 5.56. The van der Waals surface area contributed by atoms with Crippen LogP contribution in [0.1, 0.15) is 17.3 Å². The zero-order valence-corrected chi connectivity index (χ0v) is 9.63. The number of likely N-dealkylation sites (tertiary alicyclic amines) is 1. The summed E-state index contributed by atoms with van der Waals surface area (Å²) < 4.78 is 0. The summed E-state index contributed by atoms with van der Waals surface area (Å²) in [4.78, 5) is 13.7. The van der Waals surface area contributed by atoms with Crippen molar-refractivity contribution in [1.82, 2.24) is 4.90 Å². The molecule has 1 amide bonds. The molecule has 4 N–H and O–H groups in total. The van der Waals surface area contributed by atoms with Gasteiger partial charge in [-0.1, -0.05) is 6.92 Å². The van der Waals surface area contributed by atoms with E-state index in [1.165, 1.54) is 18.2 Å². The third kappa shape index (κ3) is 2.19. The molecular formula is C12H16N2O3. The molecule has 1 aromatic rings. The molecule has 92 valence electrons. The van der Waals surface area contributed by atoms with Crippen molar-refractivity contribution >= 4 is 5.91 Å². The molecule has 1 saturated heterocycles. The molecule has 0 bridgehead atoms. The van der Waals surface area contributed by atoms with Crippen molar-refractivity contribution in [3.8, 4) is 11.5 Å². The van der Waals surface area contributed by atoms with E-state index in [4.69, 9.17) is 5.73 Å². The predicted octanol–water partition coefficient (Wildman–Crippen LogP) is 0.517. The smallest absolute Gasteiger partial charge is 0.257 e. The zero-order valence-electron chi connectivity index (χ0n) is 9.63. The van der Waals surface area contributed by atoms with Gasteiger partial charge in [-0.3, -0.25) is 4.79 Å². The number of phenolic OH excluding ortho intramolecular Hbond substituents is 2. The Bertz CT molecular complexity index is 437. The third-order valence-electron chi connectivity index (χ3n) is 3.17. The minimum Gasteiger partial charge on any atom is -0.508 e. The van der Waals surface area contributed by atoms with Crippen molar-refractivity contribution in [2.75, 3.05) is 13.1 Å². The van der Waals surface area contributed by atoms with Gasteiger partial charge in [-0.25, -0.2) is 0 Å². The van der Waals surface area contributed by atoms with Crippen LogP contribution in [0.15, 0.2) is 18.2 Å². The van der Waals surface area contributed by atoms with Crippen molar-refractivity contribution in [3.05, 3.63) is 23.8 Å². The van der Waals surface area contributed by atoms with E-state index in [0.29, 0.717) is 13.1 Å². The molecule has 17 heavy (non-hydrogen) atoms. The molecule has 1 aliphatic heterocycles. The van der Waals surface area contributed by atoms with Crippen LogP contribution in [0.5, 0.6) is 11.5 Å². The summed E-state index contributed by atoms with van der Waals surface area (Å²) in [5.41, 5.74) is 5.96. The summed E-state index contributed by atoms with van der Waals surface area (Å²) in [5, 5.41) is 18.9. The second kappa shape index (κ2) is 4.25. The molecule has 0 spiro atoms. The highest BCUT2D eigenvalue weighted by atomic mass is 16.3. The van der Waals surface area contributed by atoms with Gasteiger partial charge in [0.15, 0.2) is 0 Å². The van der Waals surface area contributed by atoms with Crippen LogP contribution < -0.4 is 5.73 Å². The molecule has 2 rings (SSSR count). The maximum Gasteiger partial charge on any atom is 0.257 e. The van der Waals surface area contributed by atoms with E-state index in [2.05, 4.69) is 0 Å². The Morgan fingerprint density at radius 2 is 2.12 bits per heavy atom. The number of amides is 1. The quantitative estimate of drug-likeness (QED) is 0.620. The molecule has 0 aliphatic carbocycles. The SMILES string of the molecule is CC1CN(C(=O)c2cc(O)ccc2O)CC1N. The Kier molecular flexibility index (Phi) is 2.93. The molecule has 1 aliphatic rings. The van der Waals surface area contributed by atoms with Crippen LogP contribution in [-0.4, -0.2) is 40.2 Å². The van der Waals surface area contributed by atoms with E-state index in [0.717, 1.165) is 0 Å². The van der Waals surface area contributed by atoms with Crippen molar-refractivity contribution < 1.29 is 15.0 Å². The summed E-state index contributed by atoms with van der Waals surface area (Å²) in [5.74, 6) is -0.208. The van der Waals surface area contributed by atoms with Crippen LogP contribution in [0, 0.1) is 5.92 Å². The molecule has 0 saturated carbocycles. The normalized spacial score (nSPS) is 24.0. The summed E-state index contributed by atoms with van der Waals surface area (Å²) in [7, 11) is 0. The number of rotatable bonds is 1. The van der Waals surface area contributed by atoms with Gasteiger partial charge in [-0.2, -0.15) is 0 Å². The van der Waals surface area contributed by atoms with E-state index in [9.17, 15) is 15.0 Å². The topological polar surface area (TPSA) is 86.8 Å². The molecular weight excluding hydrogens is 220 g/mol. The number of carbonyl (C=O) groups is 1. The predicted molar refractivity (Wildman–Crippen MR) is 62.8 cm³/mol. The van der Waals surface area contributed by atoms with Gasteiger partial charge in [0.05, 0.1) is 5.56 Å². The molecule has 5 nitrogen and oxygen atoms in total. The van der Waals surface area contributed by atoms with E-state index >= 15 is 0 Å². The first-order chi connectivity index (χ1) is 7.99. The number of phenols is 2. The van der Waals surface area contributed by atoms with Crippen molar-refractivity contribution in [1.29, 1.82) is 0 Å². The van der Waals surface area contributed by atoms with Crippen molar-refractivity contribution in [2.24, 2.45) is 11.7 Å². The largest absolute Gasteiger partial charge is 0.508 e. The summed E-state index contributed by atoms with van der Waals surface area (Å²) >= 11 is 0. The Labute approximate surface area is 99.5 Å². The number of nitrogens with zero attached hydrogens (tertiary/aromatic N) is 1. The van der Waals surface area contributed by atoms with Crippen LogP contribution in [0.3, 0.4) is 0 Å². The maximum absolute atomic E-state index is 12.1. The van der Waals surface area contributed by atoms with Gasteiger partial charge in [-0.05, 0) is 24.1 Å². The average Bonchev–Trinajstić information content (AvgIpc) is 2.62. The Morgan fingerprint density at radius 3 is 2.71 bits per heavy atom. The first kappa shape index (κ1) is 11.7. The first-order valence-corrected chi connectivity index (χ1v) is 5.56. The zero-order chi connectivity index (χ0) is 12.6. The molecule has 1 heterocycles. The molecule has 1 fully saturated rings. The van der Waals surface area contributed by atoms with Crippen LogP contribution in [0.25, 0.3) is 0 Å². The Morgan fingerprint density at radius 1 is 1.41 bits per heavy atom. The molecule has 5 heteroatoms. The van der Waals surface area contributed by atoms with Crippen LogP contribution >= 0.6 is 0 Å². The number of carbonyl (C=O) groups excluding carboxylic acids is 1. The lowest BCUT2D eigenvalue weighted by Crippen LogP contribution is -2.32. The number of hydrogen-bond donors (Lipinski definition) is 3. The van der Waals surface area contributed by atoms with Gasteiger partial charge < -0.3 is 20.8 Å². The monoisotopic (exact) mass is 236 g/mol. The second-order valence-electron chi connectivity index (χ2n) is 4.55. The van der Waals surface area contributed by atoms with Gasteiger partial charge >= 0.3 is 0 Å². The van der Waals surface area contributed by atoms with Crippen LogP contribution in [-0.2, 0) is 0 Å². The lowest BCUT2D eigenvalue weighted by molar-refractivity contribution is 0.0783. The highest BCUT2D eigenvalue weighted by molar-refractivity contribution is 5.97. The van der Waals surface area contributed by atoms with Gasteiger partial charge in [0.2, 0.25) is 0 Å². The van der Waals surface area contributed by atoms with E-state index < -0.39 is 0 Å². The molecule has 1 aromatic carbocycles. The average molecular weight is 236 g/mol. The van der Waals surface area contributed by atoms with Crippen LogP contribution in [0.2, 0.25) is 0 Å². The minimum absolute atomic E-state index is 0.0293. The molecule has 0 radical (unpaired) electrons. The van der Waals surface area contributed by atoms with E-state index in [1.54, 1.807) is 4.90 Å². The number of aromatic hydroxyl groups is 2. The van der Waals surface area contributed by atoms with Crippen LogP contribution in [0.4, 0.5) is 0 Å². The molecule has 2 atom stereocenters. The fraction of sp³-hybridized carbons (Fsp3) is 0.417. The fourth-order valence-corrected chi connectivity index (χ4v) is 2.02. The summed E-state index contributed by atoms with van der Waals surface area (Å²) in [6.07, 6.45) is 0. The van der Waals surface area contributed by atoms with Gasteiger partial charge in [-0.15, -0.1) is 0 Å². The molecule has 2 unspecified atom stereocenters. The summed E-state index contributed by atoms with van der Waals surface area (Å²) in [6, 6.07) is 3.89. The Hall–Kier alpha value is -1.75. The van der Waals surface area contributed by atoms with Gasteiger partial charge in [0.1, 0.15) is 11.5 Å². The maximum atomic E-state index is 12.1. The standard InChI is InChI=1S/C12H16N2O3/c1-7-5-14(6-10(7)13)12(17)9-4-8(15)2-3-11(9)16/h2-4,7,10,15-16H,5-6,13H2,1H3. The molecule has 0 aromatic heterocycles. The minimum atomic E-state index is -0.293. The number of benzene rings is 1. The highest BCUT2D eigenvalue weighted by Crippen LogP contribution is 2.25. The lowest BCUT2D eigenvalue weighted by Gasteiger charge is -2.16. The number of nitrogens with two attached hydrogens (primary N) is 1. The summed E-state index contributed by atoms with van der Waals surface area (Å²) in [6.45, 7) is 3.05. The fourth-order valence-electron chi connectivity index (χ4n) is 2.02. The van der Waals surface area contributed by atoms with Gasteiger partial charge in [0, 0.05) is 19.1 Å². The van der Waals surface area contributed by atoms with Crippen molar-refractivity contribution in [3.63, 3.8) is 0 Å². The van der Waals surface area contributed by atoms with Gasteiger partial charge in [0.25, 0.3) is 5.91 Å². The number of hydrogen-bond acceptors (Lipinski definition) is 4. The third-order valence-corrected chi connectivity index (χ3v) is 3.17. The Balaban J connectivity index is 2.23. The van der Waals surface area contributed by atoms with Crippen molar-refractivity contribution in [2.45, 2.75) is 13.0 Å². The lowest BCUT2D eigenvalue weighted by atomic mass is 10.1. The second-order valence-corrected chi connectivity index (χ2v) is 4.55.